The molecule has 0 aromatic heterocycles. The molecule has 1 N–H and O–H groups in total. The van der Waals surface area contributed by atoms with Gasteiger partial charge in [0.05, 0.1) is 6.10 Å². The number of hydrogen-bond acceptors (Lipinski definition) is 1. The fraction of sp³-hybridized carbons (Fsp3) is 0.294. The zero-order valence-corrected chi connectivity index (χ0v) is 11.5. The van der Waals surface area contributed by atoms with Gasteiger partial charge in [-0.1, -0.05) is 60.5 Å². The molecule has 1 fully saturated rings. The van der Waals surface area contributed by atoms with Gasteiger partial charge in [-0.2, -0.15) is 0 Å². The van der Waals surface area contributed by atoms with Gasteiger partial charge in [-0.15, -0.1) is 0 Å². The van der Waals surface area contributed by atoms with Crippen LogP contribution in [0.3, 0.4) is 0 Å². The van der Waals surface area contributed by atoms with Crippen LogP contribution >= 0.6 is 11.6 Å². The maximum Gasteiger partial charge on any atom is 0.0886 e. The molecule has 0 heterocycles. The van der Waals surface area contributed by atoms with Crippen LogP contribution in [0, 0.1) is 0 Å². The lowest BCUT2D eigenvalue weighted by atomic mass is 9.60. The number of benzene rings is 2. The Bertz CT molecular complexity index is 543. The molecule has 0 aliphatic heterocycles. The molecule has 98 valence electrons. The van der Waals surface area contributed by atoms with Crippen LogP contribution in [0.15, 0.2) is 54.6 Å². The Morgan fingerprint density at radius 1 is 0.947 bits per heavy atom. The van der Waals surface area contributed by atoms with Gasteiger partial charge >= 0.3 is 0 Å². The first-order chi connectivity index (χ1) is 9.22. The lowest BCUT2D eigenvalue weighted by molar-refractivity contribution is 0.0268. The molecular formula is C17H17ClO. The van der Waals surface area contributed by atoms with E-state index in [-0.39, 0.29) is 5.41 Å². The van der Waals surface area contributed by atoms with E-state index in [2.05, 4.69) is 12.1 Å². The van der Waals surface area contributed by atoms with Crippen LogP contribution < -0.4 is 0 Å². The Labute approximate surface area is 118 Å². The van der Waals surface area contributed by atoms with Crippen molar-refractivity contribution in [2.75, 3.05) is 0 Å². The van der Waals surface area contributed by atoms with Crippen molar-refractivity contribution >= 4 is 11.6 Å². The fourth-order valence-electron chi connectivity index (χ4n) is 3.01. The van der Waals surface area contributed by atoms with Gasteiger partial charge in [-0.3, -0.25) is 0 Å². The largest absolute Gasteiger partial charge is 0.387 e. The molecule has 1 aliphatic carbocycles. The van der Waals surface area contributed by atoms with Crippen molar-refractivity contribution in [2.45, 2.75) is 30.8 Å². The fourth-order valence-corrected chi connectivity index (χ4v) is 3.14. The predicted octanol–water partition coefficient (Wildman–Crippen LogP) is 4.50. The van der Waals surface area contributed by atoms with E-state index in [1.165, 1.54) is 12.0 Å². The maximum atomic E-state index is 10.8. The second-order valence-corrected chi connectivity index (χ2v) is 5.77. The van der Waals surface area contributed by atoms with Crippen LogP contribution in [0.25, 0.3) is 0 Å². The molecule has 1 aliphatic rings. The number of aliphatic hydroxyl groups excluding tert-OH is 1. The molecule has 2 aromatic rings. The maximum absolute atomic E-state index is 10.8. The highest BCUT2D eigenvalue weighted by Crippen LogP contribution is 2.52. The van der Waals surface area contributed by atoms with Crippen molar-refractivity contribution in [3.8, 4) is 0 Å². The third kappa shape index (κ3) is 2.18. The van der Waals surface area contributed by atoms with Crippen LogP contribution in [0.5, 0.6) is 0 Å². The predicted molar refractivity (Wildman–Crippen MR) is 78.4 cm³/mol. The van der Waals surface area contributed by atoms with Crippen LogP contribution in [-0.4, -0.2) is 5.11 Å². The van der Waals surface area contributed by atoms with Gasteiger partial charge < -0.3 is 5.11 Å². The normalized spacial score (nSPS) is 18.6. The Morgan fingerprint density at radius 2 is 1.58 bits per heavy atom. The average Bonchev–Trinajstić information content (AvgIpc) is 2.39. The molecule has 2 aromatic carbocycles. The Hall–Kier alpha value is -1.31. The SMILES string of the molecule is OC(c1ccc(Cl)cc1)C1(c2ccccc2)CCC1. The minimum Gasteiger partial charge on any atom is -0.387 e. The Balaban J connectivity index is 1.96. The lowest BCUT2D eigenvalue weighted by Gasteiger charge is -2.46. The molecule has 1 nitrogen and oxygen atoms in total. The van der Waals surface area contributed by atoms with E-state index in [0.29, 0.717) is 5.02 Å². The number of hydrogen-bond donors (Lipinski definition) is 1. The van der Waals surface area contributed by atoms with Crippen molar-refractivity contribution in [1.82, 2.24) is 0 Å². The first-order valence-electron chi connectivity index (χ1n) is 6.71. The smallest absolute Gasteiger partial charge is 0.0886 e. The minimum atomic E-state index is -0.457. The van der Waals surface area contributed by atoms with E-state index < -0.39 is 6.10 Å². The first-order valence-corrected chi connectivity index (χ1v) is 7.09. The summed E-state index contributed by atoms with van der Waals surface area (Å²) in [6.45, 7) is 0. The molecule has 0 amide bonds. The van der Waals surface area contributed by atoms with E-state index in [4.69, 9.17) is 11.6 Å². The van der Waals surface area contributed by atoms with Gasteiger partial charge in [0.15, 0.2) is 0 Å². The van der Waals surface area contributed by atoms with E-state index in [0.717, 1.165) is 18.4 Å². The monoisotopic (exact) mass is 272 g/mol. The summed E-state index contributed by atoms with van der Waals surface area (Å²) >= 11 is 5.91. The van der Waals surface area contributed by atoms with Crippen LogP contribution in [0.2, 0.25) is 5.02 Å². The Morgan fingerprint density at radius 3 is 2.11 bits per heavy atom. The van der Waals surface area contributed by atoms with Crippen LogP contribution in [-0.2, 0) is 5.41 Å². The molecule has 19 heavy (non-hydrogen) atoms. The zero-order chi connectivity index (χ0) is 13.3. The highest BCUT2D eigenvalue weighted by atomic mass is 35.5. The van der Waals surface area contributed by atoms with Crippen molar-refractivity contribution < 1.29 is 5.11 Å². The molecule has 1 unspecified atom stereocenters. The molecule has 0 bridgehead atoms. The van der Waals surface area contributed by atoms with Crippen LogP contribution in [0.4, 0.5) is 0 Å². The highest BCUT2D eigenvalue weighted by molar-refractivity contribution is 6.30. The second kappa shape index (κ2) is 4.99. The molecule has 1 atom stereocenters. The summed E-state index contributed by atoms with van der Waals surface area (Å²) in [5.41, 5.74) is 2.08. The zero-order valence-electron chi connectivity index (χ0n) is 10.7. The number of aliphatic hydroxyl groups is 1. The average molecular weight is 273 g/mol. The van der Waals surface area contributed by atoms with Gasteiger partial charge in [-0.05, 0) is 36.1 Å². The summed E-state index contributed by atoms with van der Waals surface area (Å²) in [6, 6.07) is 17.9. The summed E-state index contributed by atoms with van der Waals surface area (Å²) in [6.07, 6.45) is 2.81. The number of halogens is 1. The Kier molecular flexibility index (Phi) is 3.34. The van der Waals surface area contributed by atoms with Crippen LogP contribution in [0.1, 0.15) is 36.5 Å². The standard InChI is InChI=1S/C17H17ClO/c18-15-9-7-13(8-10-15)16(19)17(11-4-12-17)14-5-2-1-3-6-14/h1-3,5-10,16,19H,4,11-12H2. The van der Waals surface area contributed by atoms with Crippen molar-refractivity contribution in [3.05, 3.63) is 70.7 Å². The third-order valence-electron chi connectivity index (χ3n) is 4.30. The third-order valence-corrected chi connectivity index (χ3v) is 4.56. The minimum absolute atomic E-state index is 0.116. The first kappa shape index (κ1) is 12.7. The molecular weight excluding hydrogens is 256 g/mol. The van der Waals surface area contributed by atoms with Gasteiger partial charge in [0.2, 0.25) is 0 Å². The summed E-state index contributed by atoms with van der Waals surface area (Å²) in [7, 11) is 0. The quantitative estimate of drug-likeness (QED) is 0.872. The molecule has 0 radical (unpaired) electrons. The van der Waals surface area contributed by atoms with Crippen molar-refractivity contribution in [1.29, 1.82) is 0 Å². The summed E-state index contributed by atoms with van der Waals surface area (Å²) < 4.78 is 0. The summed E-state index contributed by atoms with van der Waals surface area (Å²) in [5.74, 6) is 0. The second-order valence-electron chi connectivity index (χ2n) is 5.33. The molecule has 0 saturated heterocycles. The topological polar surface area (TPSA) is 20.2 Å². The van der Waals surface area contributed by atoms with E-state index in [1.54, 1.807) is 0 Å². The highest BCUT2D eigenvalue weighted by Gasteiger charge is 2.45. The van der Waals surface area contributed by atoms with Gasteiger partial charge in [0.25, 0.3) is 0 Å². The van der Waals surface area contributed by atoms with E-state index in [9.17, 15) is 5.11 Å². The van der Waals surface area contributed by atoms with Gasteiger partial charge in [0.1, 0.15) is 0 Å². The molecule has 0 spiro atoms. The summed E-state index contributed by atoms with van der Waals surface area (Å²) in [5, 5.41) is 11.5. The molecule has 3 rings (SSSR count). The number of rotatable bonds is 3. The lowest BCUT2D eigenvalue weighted by Crippen LogP contribution is -2.40. The van der Waals surface area contributed by atoms with Crippen molar-refractivity contribution in [3.63, 3.8) is 0 Å². The summed E-state index contributed by atoms with van der Waals surface area (Å²) in [4.78, 5) is 0. The van der Waals surface area contributed by atoms with Gasteiger partial charge in [-0.25, -0.2) is 0 Å². The van der Waals surface area contributed by atoms with Gasteiger partial charge in [0, 0.05) is 10.4 Å². The molecule has 1 saturated carbocycles. The van der Waals surface area contributed by atoms with Crippen molar-refractivity contribution in [2.24, 2.45) is 0 Å². The van der Waals surface area contributed by atoms with E-state index in [1.807, 2.05) is 42.5 Å². The molecule has 2 heteroatoms. The van der Waals surface area contributed by atoms with E-state index >= 15 is 0 Å².